The summed E-state index contributed by atoms with van der Waals surface area (Å²) in [6.45, 7) is 1.80. The molecule has 1 atom stereocenters. The zero-order valence-electron chi connectivity index (χ0n) is 12.8. The average molecular weight is 328 g/mol. The number of aliphatic hydroxyl groups is 1. The fraction of sp³-hybridized carbons (Fsp3) is 0.500. The summed E-state index contributed by atoms with van der Waals surface area (Å²) in [5.41, 5.74) is -2.20. The second kappa shape index (κ2) is 6.70. The monoisotopic (exact) mass is 328 g/mol. The van der Waals surface area contributed by atoms with Crippen LogP contribution < -0.4 is 0 Å². The van der Waals surface area contributed by atoms with Crippen molar-refractivity contribution in [2.75, 3.05) is 0 Å². The van der Waals surface area contributed by atoms with Crippen LogP contribution in [-0.4, -0.2) is 33.6 Å². The number of halogens is 3. The van der Waals surface area contributed by atoms with Crippen LogP contribution in [0.5, 0.6) is 0 Å². The first kappa shape index (κ1) is 17.5. The van der Waals surface area contributed by atoms with Gasteiger partial charge in [0, 0.05) is 18.6 Å². The largest absolute Gasteiger partial charge is 0.438 e. The highest BCUT2D eigenvalue weighted by Crippen LogP contribution is 2.41. The Kier molecular flexibility index (Phi) is 5.09. The lowest BCUT2D eigenvalue weighted by molar-refractivity contribution is -0.302. The number of hydrogen-bond acceptors (Lipinski definition) is 3. The standard InChI is InChI=1S/C16H19F3N2O2/c1-2-6-13-11-15(23,16(17,18)19)21(20-13)14(22)10-9-12-7-4-3-5-8-12/h3-5,7-8,23H,2,6,9-11H2,1H3. The lowest BCUT2D eigenvalue weighted by Gasteiger charge is -2.32. The molecule has 1 N–H and O–H groups in total. The summed E-state index contributed by atoms with van der Waals surface area (Å²) in [6.07, 6.45) is -4.57. The fourth-order valence-electron chi connectivity index (χ4n) is 2.53. The molecule has 2 rings (SSSR count). The van der Waals surface area contributed by atoms with Crippen molar-refractivity contribution in [1.29, 1.82) is 0 Å². The molecule has 1 aliphatic rings. The minimum Gasteiger partial charge on any atom is -0.362 e. The first-order valence-electron chi connectivity index (χ1n) is 7.50. The van der Waals surface area contributed by atoms with Crippen LogP contribution in [0.15, 0.2) is 35.4 Å². The summed E-state index contributed by atoms with van der Waals surface area (Å²) in [5, 5.41) is 14.0. The SMILES string of the molecule is CCCC1=NN(C(=O)CCc2ccccc2)C(O)(C(F)(F)F)C1. The third-order valence-electron chi connectivity index (χ3n) is 3.74. The van der Waals surface area contributed by atoms with Gasteiger partial charge in [0.25, 0.3) is 5.72 Å². The Morgan fingerprint density at radius 3 is 2.52 bits per heavy atom. The van der Waals surface area contributed by atoms with Crippen LogP contribution in [0.1, 0.15) is 38.2 Å². The lowest BCUT2D eigenvalue weighted by atomic mass is 10.0. The van der Waals surface area contributed by atoms with Crippen molar-refractivity contribution in [3.05, 3.63) is 35.9 Å². The van der Waals surface area contributed by atoms with Gasteiger partial charge in [-0.1, -0.05) is 43.7 Å². The van der Waals surface area contributed by atoms with E-state index >= 15 is 0 Å². The number of benzene rings is 1. The summed E-state index contributed by atoms with van der Waals surface area (Å²) >= 11 is 0. The molecule has 0 aliphatic carbocycles. The molecule has 1 amide bonds. The van der Waals surface area contributed by atoms with E-state index in [1.54, 1.807) is 31.2 Å². The summed E-state index contributed by atoms with van der Waals surface area (Å²) in [5.74, 6) is -0.834. The maximum atomic E-state index is 13.2. The summed E-state index contributed by atoms with van der Waals surface area (Å²) in [7, 11) is 0. The van der Waals surface area contributed by atoms with Gasteiger partial charge in [0.15, 0.2) is 0 Å². The van der Waals surface area contributed by atoms with Gasteiger partial charge in [0.05, 0.1) is 0 Å². The van der Waals surface area contributed by atoms with E-state index in [9.17, 15) is 23.1 Å². The molecule has 0 radical (unpaired) electrons. The average Bonchev–Trinajstić information content (AvgIpc) is 2.84. The molecule has 1 unspecified atom stereocenters. The van der Waals surface area contributed by atoms with E-state index in [2.05, 4.69) is 5.10 Å². The van der Waals surface area contributed by atoms with Crippen LogP contribution in [0.4, 0.5) is 13.2 Å². The predicted octanol–water partition coefficient (Wildman–Crippen LogP) is 3.26. The van der Waals surface area contributed by atoms with E-state index in [0.29, 0.717) is 19.3 Å². The second-order valence-corrected chi connectivity index (χ2v) is 5.60. The smallest absolute Gasteiger partial charge is 0.362 e. The molecule has 0 aromatic heterocycles. The van der Waals surface area contributed by atoms with E-state index < -0.39 is 24.2 Å². The number of hydrogen-bond donors (Lipinski definition) is 1. The predicted molar refractivity (Wildman–Crippen MR) is 79.6 cm³/mol. The number of nitrogens with zero attached hydrogens (tertiary/aromatic N) is 2. The molecule has 0 fully saturated rings. The Balaban J connectivity index is 2.14. The molecule has 0 bridgehead atoms. The number of carbonyl (C=O) groups is 1. The van der Waals surface area contributed by atoms with E-state index in [1.807, 2.05) is 6.07 Å². The highest BCUT2D eigenvalue weighted by Gasteiger charge is 2.62. The van der Waals surface area contributed by atoms with E-state index in [0.717, 1.165) is 5.56 Å². The van der Waals surface area contributed by atoms with Gasteiger partial charge in [-0.25, -0.2) is 0 Å². The maximum absolute atomic E-state index is 13.2. The van der Waals surface area contributed by atoms with Crippen LogP contribution in [0.3, 0.4) is 0 Å². The zero-order valence-corrected chi connectivity index (χ0v) is 12.8. The topological polar surface area (TPSA) is 52.9 Å². The number of aryl methyl sites for hydroxylation is 1. The summed E-state index contributed by atoms with van der Waals surface area (Å²) < 4.78 is 39.6. The van der Waals surface area contributed by atoms with Crippen molar-refractivity contribution in [1.82, 2.24) is 5.01 Å². The number of hydrazone groups is 1. The van der Waals surface area contributed by atoms with E-state index in [4.69, 9.17) is 0 Å². The van der Waals surface area contributed by atoms with Gasteiger partial charge in [-0.15, -0.1) is 0 Å². The normalized spacial score (nSPS) is 21.4. The van der Waals surface area contributed by atoms with Gasteiger partial charge >= 0.3 is 6.18 Å². The molecular formula is C16H19F3N2O2. The van der Waals surface area contributed by atoms with E-state index in [1.165, 1.54) is 0 Å². The first-order valence-corrected chi connectivity index (χ1v) is 7.50. The highest BCUT2D eigenvalue weighted by molar-refractivity contribution is 5.90. The Morgan fingerprint density at radius 2 is 1.96 bits per heavy atom. The minimum atomic E-state index is -4.95. The van der Waals surface area contributed by atoms with Crippen LogP contribution >= 0.6 is 0 Å². The highest BCUT2D eigenvalue weighted by atomic mass is 19.4. The number of amides is 1. The Morgan fingerprint density at radius 1 is 1.30 bits per heavy atom. The molecule has 0 saturated heterocycles. The van der Waals surface area contributed by atoms with Crippen molar-refractivity contribution in [3.8, 4) is 0 Å². The number of alkyl halides is 3. The van der Waals surface area contributed by atoms with Gasteiger partial charge in [-0.05, 0) is 18.4 Å². The van der Waals surface area contributed by atoms with Crippen LogP contribution in [0.25, 0.3) is 0 Å². The first-order chi connectivity index (χ1) is 10.8. The molecule has 0 spiro atoms. The molecule has 1 heterocycles. The van der Waals surface area contributed by atoms with Crippen molar-refractivity contribution in [2.24, 2.45) is 5.10 Å². The molecule has 4 nitrogen and oxygen atoms in total. The van der Waals surface area contributed by atoms with Crippen molar-refractivity contribution < 1.29 is 23.1 Å². The summed E-state index contributed by atoms with van der Waals surface area (Å²) in [6, 6.07) is 8.98. The van der Waals surface area contributed by atoms with Crippen LogP contribution in [0, 0.1) is 0 Å². The van der Waals surface area contributed by atoms with Gasteiger partial charge < -0.3 is 5.11 Å². The van der Waals surface area contributed by atoms with Gasteiger partial charge in [-0.2, -0.15) is 23.3 Å². The van der Waals surface area contributed by atoms with Crippen LogP contribution in [0.2, 0.25) is 0 Å². The maximum Gasteiger partial charge on any atom is 0.438 e. The molecule has 1 aromatic carbocycles. The van der Waals surface area contributed by atoms with E-state index in [-0.39, 0.29) is 17.1 Å². The van der Waals surface area contributed by atoms with Gasteiger partial charge in [-0.3, -0.25) is 4.79 Å². The molecule has 0 saturated carbocycles. The van der Waals surface area contributed by atoms with Crippen molar-refractivity contribution in [3.63, 3.8) is 0 Å². The third-order valence-corrected chi connectivity index (χ3v) is 3.74. The second-order valence-electron chi connectivity index (χ2n) is 5.60. The van der Waals surface area contributed by atoms with Gasteiger partial charge in [0.1, 0.15) is 0 Å². The quantitative estimate of drug-likeness (QED) is 0.902. The van der Waals surface area contributed by atoms with Crippen LogP contribution in [-0.2, 0) is 11.2 Å². The molecule has 126 valence electrons. The lowest BCUT2D eigenvalue weighted by Crippen LogP contribution is -2.56. The Bertz CT molecular complexity index is 587. The number of carbonyl (C=O) groups excluding carboxylic acids is 1. The molecule has 23 heavy (non-hydrogen) atoms. The van der Waals surface area contributed by atoms with Gasteiger partial charge in [0.2, 0.25) is 5.91 Å². The molecular weight excluding hydrogens is 309 g/mol. The number of rotatable bonds is 5. The Labute approximate surface area is 132 Å². The molecule has 7 heteroatoms. The summed E-state index contributed by atoms with van der Waals surface area (Å²) in [4.78, 5) is 12.2. The third kappa shape index (κ3) is 3.72. The van der Waals surface area contributed by atoms with Crippen molar-refractivity contribution >= 4 is 11.6 Å². The molecule has 1 aliphatic heterocycles. The molecule has 1 aromatic rings. The zero-order chi connectivity index (χ0) is 17.1. The Hall–Kier alpha value is -1.89. The minimum absolute atomic E-state index is 0.148. The van der Waals surface area contributed by atoms with Crippen molar-refractivity contribution in [2.45, 2.75) is 50.9 Å². The fourth-order valence-corrected chi connectivity index (χ4v) is 2.53.